The van der Waals surface area contributed by atoms with Gasteiger partial charge in [-0.1, -0.05) is 12.1 Å². The van der Waals surface area contributed by atoms with Gasteiger partial charge in [-0.2, -0.15) is 0 Å². The highest BCUT2D eigenvalue weighted by Gasteiger charge is 2.29. The summed E-state index contributed by atoms with van der Waals surface area (Å²) in [6.07, 6.45) is 1.04. The van der Waals surface area contributed by atoms with Gasteiger partial charge in [-0.3, -0.25) is 4.79 Å². The number of carbonyl (C=O) groups excluding carboxylic acids is 1. The van der Waals surface area contributed by atoms with E-state index < -0.39 is 5.60 Å². The van der Waals surface area contributed by atoms with Crippen LogP contribution < -0.4 is 5.32 Å². The first-order valence-electron chi connectivity index (χ1n) is 6.53. The fraction of sp³-hybridized carbons (Fsp3) is 0.500. The maximum Gasteiger partial charge on any atom is 0.230 e. The van der Waals surface area contributed by atoms with Crippen molar-refractivity contribution in [3.8, 4) is 0 Å². The molecule has 1 fully saturated rings. The number of ether oxygens (including phenoxy) is 1. The van der Waals surface area contributed by atoms with Crippen molar-refractivity contribution in [2.24, 2.45) is 0 Å². The third-order valence-corrected chi connectivity index (χ3v) is 4.28. The van der Waals surface area contributed by atoms with Gasteiger partial charge in [-0.05, 0) is 12.1 Å². The number of rotatable bonds is 5. The van der Waals surface area contributed by atoms with E-state index in [1.54, 1.807) is 18.2 Å². The number of amides is 1. The van der Waals surface area contributed by atoms with Gasteiger partial charge in [-0.15, -0.1) is 11.8 Å². The summed E-state index contributed by atoms with van der Waals surface area (Å²) in [5, 5.41) is 12.9. The number of nitrogens with one attached hydrogen (secondary N) is 1. The van der Waals surface area contributed by atoms with Gasteiger partial charge in [0.25, 0.3) is 0 Å². The number of carbonyl (C=O) groups is 1. The summed E-state index contributed by atoms with van der Waals surface area (Å²) < 4.78 is 18.5. The maximum absolute atomic E-state index is 13.4. The Morgan fingerprint density at radius 1 is 1.40 bits per heavy atom. The standard InChI is InChI=1S/C14H18FNO3S/c15-11-3-1-2-4-12(11)20-9-13(17)16-10-14(18)5-7-19-8-6-14/h1-4,18H,5-10H2,(H,16,17). The van der Waals surface area contributed by atoms with Crippen molar-refractivity contribution < 1.29 is 19.0 Å². The van der Waals surface area contributed by atoms with Crippen LogP contribution in [0.4, 0.5) is 4.39 Å². The Bertz CT molecular complexity index is 463. The lowest BCUT2D eigenvalue weighted by Gasteiger charge is -2.32. The molecular weight excluding hydrogens is 281 g/mol. The molecule has 0 saturated carbocycles. The van der Waals surface area contributed by atoms with Crippen LogP contribution in [-0.4, -0.2) is 42.1 Å². The van der Waals surface area contributed by atoms with Crippen LogP contribution in [0.3, 0.4) is 0 Å². The highest BCUT2D eigenvalue weighted by molar-refractivity contribution is 8.00. The van der Waals surface area contributed by atoms with E-state index in [0.717, 1.165) is 11.8 Å². The minimum Gasteiger partial charge on any atom is -0.388 e. The van der Waals surface area contributed by atoms with Crippen LogP contribution >= 0.6 is 11.8 Å². The van der Waals surface area contributed by atoms with Crippen molar-refractivity contribution in [3.05, 3.63) is 30.1 Å². The molecule has 1 aliphatic heterocycles. The number of hydrogen-bond donors (Lipinski definition) is 2. The monoisotopic (exact) mass is 299 g/mol. The molecule has 20 heavy (non-hydrogen) atoms. The smallest absolute Gasteiger partial charge is 0.230 e. The van der Waals surface area contributed by atoms with E-state index in [2.05, 4.69) is 5.32 Å². The van der Waals surface area contributed by atoms with Gasteiger partial charge in [0, 0.05) is 37.5 Å². The Kier molecular flexibility index (Phi) is 5.39. The minimum atomic E-state index is -0.878. The zero-order valence-corrected chi connectivity index (χ0v) is 11.9. The Balaban J connectivity index is 1.74. The van der Waals surface area contributed by atoms with E-state index in [1.807, 2.05) is 0 Å². The van der Waals surface area contributed by atoms with Gasteiger partial charge >= 0.3 is 0 Å². The van der Waals surface area contributed by atoms with E-state index >= 15 is 0 Å². The summed E-state index contributed by atoms with van der Waals surface area (Å²) in [7, 11) is 0. The molecule has 6 heteroatoms. The zero-order valence-electron chi connectivity index (χ0n) is 11.1. The summed E-state index contributed by atoms with van der Waals surface area (Å²) in [6.45, 7) is 1.24. The predicted molar refractivity (Wildman–Crippen MR) is 75.1 cm³/mol. The fourth-order valence-corrected chi connectivity index (χ4v) is 2.72. The summed E-state index contributed by atoms with van der Waals surface area (Å²) in [5.41, 5.74) is -0.878. The van der Waals surface area contributed by atoms with Crippen molar-refractivity contribution in [2.75, 3.05) is 25.5 Å². The van der Waals surface area contributed by atoms with E-state index in [-0.39, 0.29) is 24.0 Å². The molecule has 2 rings (SSSR count). The van der Waals surface area contributed by atoms with Crippen LogP contribution in [0.25, 0.3) is 0 Å². The molecular formula is C14H18FNO3S. The van der Waals surface area contributed by atoms with Crippen molar-refractivity contribution in [1.29, 1.82) is 0 Å². The Morgan fingerprint density at radius 2 is 2.10 bits per heavy atom. The van der Waals surface area contributed by atoms with Crippen molar-refractivity contribution >= 4 is 17.7 Å². The molecule has 1 saturated heterocycles. The lowest BCUT2D eigenvalue weighted by atomic mass is 9.94. The molecule has 4 nitrogen and oxygen atoms in total. The fourth-order valence-electron chi connectivity index (χ4n) is 1.95. The molecule has 0 spiro atoms. The minimum absolute atomic E-state index is 0.132. The van der Waals surface area contributed by atoms with Crippen LogP contribution in [0.5, 0.6) is 0 Å². The molecule has 1 aromatic carbocycles. The number of benzene rings is 1. The van der Waals surface area contributed by atoms with E-state index in [9.17, 15) is 14.3 Å². The van der Waals surface area contributed by atoms with E-state index in [1.165, 1.54) is 6.07 Å². The molecule has 0 atom stereocenters. The van der Waals surface area contributed by atoms with E-state index in [4.69, 9.17) is 4.74 Å². The first-order valence-corrected chi connectivity index (χ1v) is 7.52. The third-order valence-electron chi connectivity index (χ3n) is 3.23. The quantitative estimate of drug-likeness (QED) is 0.811. The summed E-state index contributed by atoms with van der Waals surface area (Å²) in [4.78, 5) is 12.2. The van der Waals surface area contributed by atoms with Crippen LogP contribution in [0, 0.1) is 5.82 Å². The topological polar surface area (TPSA) is 58.6 Å². The van der Waals surface area contributed by atoms with Gasteiger partial charge in [0.2, 0.25) is 5.91 Å². The van der Waals surface area contributed by atoms with Crippen molar-refractivity contribution in [1.82, 2.24) is 5.32 Å². The molecule has 0 aliphatic carbocycles. The van der Waals surface area contributed by atoms with Crippen LogP contribution in [0.15, 0.2) is 29.2 Å². The van der Waals surface area contributed by atoms with Gasteiger partial charge in [0.1, 0.15) is 5.82 Å². The molecule has 1 aromatic rings. The second kappa shape index (κ2) is 7.06. The summed E-state index contributed by atoms with van der Waals surface area (Å²) >= 11 is 1.15. The molecule has 2 N–H and O–H groups in total. The average molecular weight is 299 g/mol. The van der Waals surface area contributed by atoms with Crippen LogP contribution in [0.2, 0.25) is 0 Å². The molecule has 1 aliphatic rings. The van der Waals surface area contributed by atoms with Crippen LogP contribution in [-0.2, 0) is 9.53 Å². The lowest BCUT2D eigenvalue weighted by molar-refractivity contribution is -0.121. The van der Waals surface area contributed by atoms with Gasteiger partial charge in [0.15, 0.2) is 0 Å². The molecule has 0 bridgehead atoms. The normalized spacial score (nSPS) is 17.7. The summed E-state index contributed by atoms with van der Waals surface area (Å²) in [6, 6.07) is 6.35. The Morgan fingerprint density at radius 3 is 2.80 bits per heavy atom. The first-order chi connectivity index (χ1) is 9.59. The predicted octanol–water partition coefficient (Wildman–Crippen LogP) is 1.58. The van der Waals surface area contributed by atoms with Gasteiger partial charge in [0.05, 0.1) is 11.4 Å². The van der Waals surface area contributed by atoms with Crippen molar-refractivity contribution in [2.45, 2.75) is 23.3 Å². The molecule has 1 heterocycles. The average Bonchev–Trinajstić information content (AvgIpc) is 2.45. The van der Waals surface area contributed by atoms with Gasteiger partial charge < -0.3 is 15.2 Å². The highest BCUT2D eigenvalue weighted by atomic mass is 32.2. The Labute approximate surface area is 121 Å². The maximum atomic E-state index is 13.4. The first kappa shape index (κ1) is 15.3. The summed E-state index contributed by atoms with van der Waals surface area (Å²) in [5.74, 6) is -0.403. The molecule has 0 aromatic heterocycles. The van der Waals surface area contributed by atoms with Crippen molar-refractivity contribution in [3.63, 3.8) is 0 Å². The highest BCUT2D eigenvalue weighted by Crippen LogP contribution is 2.21. The number of halogens is 1. The third kappa shape index (κ3) is 4.47. The van der Waals surface area contributed by atoms with Gasteiger partial charge in [-0.25, -0.2) is 4.39 Å². The SMILES string of the molecule is O=C(CSc1ccccc1F)NCC1(O)CCOCC1. The van der Waals surface area contributed by atoms with E-state index in [0.29, 0.717) is 31.0 Å². The number of hydrogen-bond acceptors (Lipinski definition) is 4. The molecule has 0 unspecified atom stereocenters. The largest absolute Gasteiger partial charge is 0.388 e. The lowest BCUT2D eigenvalue weighted by Crippen LogP contribution is -2.47. The zero-order chi connectivity index (χ0) is 14.4. The molecule has 110 valence electrons. The number of aliphatic hydroxyl groups is 1. The number of thioether (sulfide) groups is 1. The second-order valence-corrected chi connectivity index (χ2v) is 5.85. The molecule has 1 amide bonds. The second-order valence-electron chi connectivity index (χ2n) is 4.83. The Hall–Kier alpha value is -1.11. The molecule has 0 radical (unpaired) electrons. The van der Waals surface area contributed by atoms with Crippen LogP contribution in [0.1, 0.15) is 12.8 Å².